The summed E-state index contributed by atoms with van der Waals surface area (Å²) in [5.41, 5.74) is -0.370. The van der Waals surface area contributed by atoms with E-state index in [1.807, 2.05) is 0 Å². The summed E-state index contributed by atoms with van der Waals surface area (Å²) in [7, 11) is 0. The number of terminal acetylenes is 1. The molecule has 0 saturated heterocycles. The fraction of sp³-hybridized carbons (Fsp3) is 0.370. The van der Waals surface area contributed by atoms with Crippen molar-refractivity contribution in [2.75, 3.05) is 23.8 Å². The standard InChI is InChI=1S/C27H30N8O7S/c1-4-12-29-24(40)18(8-11-27(3)34-35-27)30-20(36)6-7-21(37)31-19-15-16(9-13-28-19)22(38)32-25-17(10-14-43-25)23(39)33-26(41)42-5-2/h1,9-10,13-15,18H,5-8,11-12H2,2-3H3,(H,29,40)(H,30,36)(H,32,38)(H,28,31,37)(H,33,39,41)/t18-/m0/s1. The van der Waals surface area contributed by atoms with Crippen LogP contribution in [-0.4, -0.2) is 65.5 Å². The molecule has 3 heterocycles. The summed E-state index contributed by atoms with van der Waals surface area (Å²) in [6.07, 6.45) is 5.87. The van der Waals surface area contributed by atoms with E-state index >= 15 is 0 Å². The molecule has 1 aliphatic rings. The van der Waals surface area contributed by atoms with Gasteiger partial charge in [-0.1, -0.05) is 5.92 Å². The highest BCUT2D eigenvalue weighted by atomic mass is 32.1. The average molecular weight is 611 g/mol. The topological polar surface area (TPSA) is 209 Å². The van der Waals surface area contributed by atoms with Crippen LogP contribution in [0.25, 0.3) is 0 Å². The number of nitrogens with one attached hydrogen (secondary N) is 5. The maximum atomic E-state index is 12.8. The summed E-state index contributed by atoms with van der Waals surface area (Å²) in [6.45, 7) is 3.48. The van der Waals surface area contributed by atoms with Gasteiger partial charge in [0.2, 0.25) is 17.7 Å². The predicted octanol–water partition coefficient (Wildman–Crippen LogP) is 2.20. The van der Waals surface area contributed by atoms with E-state index < -0.39 is 47.3 Å². The van der Waals surface area contributed by atoms with Crippen molar-refractivity contribution in [1.29, 1.82) is 0 Å². The first kappa shape index (κ1) is 32.3. The second kappa shape index (κ2) is 15.2. The Kier molecular flexibility index (Phi) is 11.4. The fourth-order valence-corrected chi connectivity index (χ4v) is 4.34. The number of carbonyl (C=O) groups excluding carboxylic acids is 6. The lowest BCUT2D eigenvalue weighted by molar-refractivity contribution is -0.129. The average Bonchev–Trinajstić information content (AvgIpc) is 3.53. The molecule has 5 N–H and O–H groups in total. The van der Waals surface area contributed by atoms with Crippen LogP contribution in [0.2, 0.25) is 0 Å². The van der Waals surface area contributed by atoms with Gasteiger partial charge in [-0.15, -0.1) is 17.8 Å². The van der Waals surface area contributed by atoms with Crippen LogP contribution in [-0.2, 0) is 19.1 Å². The summed E-state index contributed by atoms with van der Waals surface area (Å²) in [6, 6.07) is 3.29. The summed E-state index contributed by atoms with van der Waals surface area (Å²) in [5.74, 6) is -0.511. The highest BCUT2D eigenvalue weighted by molar-refractivity contribution is 7.14. The van der Waals surface area contributed by atoms with E-state index in [9.17, 15) is 28.8 Å². The van der Waals surface area contributed by atoms with E-state index in [2.05, 4.69) is 47.7 Å². The van der Waals surface area contributed by atoms with E-state index in [1.54, 1.807) is 19.2 Å². The second-order valence-corrected chi connectivity index (χ2v) is 10.2. The number of amides is 6. The van der Waals surface area contributed by atoms with Crippen molar-refractivity contribution >= 4 is 57.8 Å². The number of aromatic nitrogens is 1. The molecule has 0 radical (unpaired) electrons. The summed E-state index contributed by atoms with van der Waals surface area (Å²) >= 11 is 1.07. The number of ether oxygens (including phenoxy) is 1. The maximum absolute atomic E-state index is 12.8. The number of alkyl carbamates (subject to hydrolysis) is 1. The van der Waals surface area contributed by atoms with Gasteiger partial charge in [0.05, 0.1) is 18.7 Å². The van der Waals surface area contributed by atoms with Gasteiger partial charge in [0.25, 0.3) is 11.8 Å². The molecule has 2 aromatic rings. The zero-order valence-electron chi connectivity index (χ0n) is 23.4. The molecule has 1 atom stereocenters. The molecule has 0 unspecified atom stereocenters. The Balaban J connectivity index is 1.52. The van der Waals surface area contributed by atoms with Crippen molar-refractivity contribution in [3.8, 4) is 12.3 Å². The lowest BCUT2D eigenvalue weighted by Gasteiger charge is -2.18. The SMILES string of the molecule is C#CCNC(=O)[C@H](CCC1(C)N=N1)NC(=O)CCC(=O)Nc1cc(C(=O)Nc2sccc2C(=O)NC(=O)OCC)ccn1. The number of rotatable bonds is 14. The molecular formula is C27H30N8O7S. The van der Waals surface area contributed by atoms with E-state index in [4.69, 9.17) is 11.2 Å². The van der Waals surface area contributed by atoms with Crippen LogP contribution in [0.1, 0.15) is 60.2 Å². The van der Waals surface area contributed by atoms with Crippen molar-refractivity contribution in [3.05, 3.63) is 40.9 Å². The number of hydrogen-bond acceptors (Lipinski definition) is 11. The van der Waals surface area contributed by atoms with Crippen LogP contribution in [0.3, 0.4) is 0 Å². The van der Waals surface area contributed by atoms with Crippen molar-refractivity contribution in [3.63, 3.8) is 0 Å². The minimum Gasteiger partial charge on any atom is -0.450 e. The molecule has 3 rings (SSSR count). The quantitative estimate of drug-likeness (QED) is 0.200. The lowest BCUT2D eigenvalue weighted by atomic mass is 10.0. The molecule has 16 heteroatoms. The first-order valence-electron chi connectivity index (χ1n) is 13.1. The van der Waals surface area contributed by atoms with Crippen molar-refractivity contribution in [2.24, 2.45) is 10.2 Å². The van der Waals surface area contributed by atoms with E-state index in [0.717, 1.165) is 11.3 Å². The number of hydrogen-bond donors (Lipinski definition) is 5. The number of anilines is 2. The number of carbonyl (C=O) groups is 6. The second-order valence-electron chi connectivity index (χ2n) is 9.27. The Morgan fingerprint density at radius 1 is 1.07 bits per heavy atom. The maximum Gasteiger partial charge on any atom is 0.414 e. The Labute approximate surface area is 250 Å². The first-order valence-corrected chi connectivity index (χ1v) is 14.0. The zero-order chi connectivity index (χ0) is 31.4. The molecule has 15 nitrogen and oxygen atoms in total. The predicted molar refractivity (Wildman–Crippen MR) is 155 cm³/mol. The smallest absolute Gasteiger partial charge is 0.414 e. The van der Waals surface area contributed by atoms with Gasteiger partial charge in [-0.05, 0) is 50.3 Å². The molecule has 226 valence electrons. The molecule has 0 fully saturated rings. The molecule has 6 amide bonds. The zero-order valence-corrected chi connectivity index (χ0v) is 24.2. The van der Waals surface area contributed by atoms with Crippen molar-refractivity contribution in [2.45, 2.75) is 51.2 Å². The minimum atomic E-state index is -0.913. The number of nitrogens with zero attached hydrogens (tertiary/aromatic N) is 3. The minimum absolute atomic E-state index is 0.00300. The molecule has 0 aromatic carbocycles. The van der Waals surface area contributed by atoms with Crippen molar-refractivity contribution in [1.82, 2.24) is 20.9 Å². The lowest BCUT2D eigenvalue weighted by Crippen LogP contribution is -2.47. The Morgan fingerprint density at radius 2 is 1.81 bits per heavy atom. The Hall–Kier alpha value is -5.17. The molecular weight excluding hydrogens is 580 g/mol. The van der Waals surface area contributed by atoms with Gasteiger partial charge >= 0.3 is 6.09 Å². The van der Waals surface area contributed by atoms with Gasteiger partial charge in [-0.3, -0.25) is 29.3 Å². The fourth-order valence-electron chi connectivity index (χ4n) is 3.56. The monoisotopic (exact) mass is 610 g/mol. The van der Waals surface area contributed by atoms with Gasteiger partial charge < -0.3 is 26.0 Å². The van der Waals surface area contributed by atoms with Crippen LogP contribution in [0.4, 0.5) is 15.6 Å². The van der Waals surface area contributed by atoms with Crippen LogP contribution < -0.4 is 26.6 Å². The number of imide groups is 1. The van der Waals surface area contributed by atoms with E-state index in [0.29, 0.717) is 6.42 Å². The Bertz CT molecular complexity index is 1460. The molecule has 0 saturated carbocycles. The van der Waals surface area contributed by atoms with Crippen molar-refractivity contribution < 1.29 is 33.5 Å². The third kappa shape index (κ3) is 10.3. The van der Waals surface area contributed by atoms with Gasteiger partial charge in [0.1, 0.15) is 16.9 Å². The van der Waals surface area contributed by atoms with E-state index in [1.165, 1.54) is 24.4 Å². The molecule has 43 heavy (non-hydrogen) atoms. The Morgan fingerprint density at radius 3 is 2.51 bits per heavy atom. The van der Waals surface area contributed by atoms with Crippen LogP contribution in [0.15, 0.2) is 40.0 Å². The molecule has 0 spiro atoms. The third-order valence-electron chi connectivity index (χ3n) is 5.86. The van der Waals surface area contributed by atoms with Crippen LogP contribution >= 0.6 is 11.3 Å². The molecule has 0 aliphatic carbocycles. The molecule has 2 aromatic heterocycles. The molecule has 0 bridgehead atoms. The third-order valence-corrected chi connectivity index (χ3v) is 6.69. The number of pyridine rings is 1. The summed E-state index contributed by atoms with van der Waals surface area (Å²) in [5, 5.41) is 21.9. The van der Waals surface area contributed by atoms with Gasteiger partial charge in [0.15, 0.2) is 5.66 Å². The first-order chi connectivity index (χ1) is 20.5. The largest absolute Gasteiger partial charge is 0.450 e. The van der Waals surface area contributed by atoms with Crippen LogP contribution in [0.5, 0.6) is 0 Å². The van der Waals surface area contributed by atoms with Gasteiger partial charge in [-0.25, -0.2) is 9.78 Å². The van der Waals surface area contributed by atoms with Crippen LogP contribution in [0, 0.1) is 12.3 Å². The number of thiophene rings is 1. The summed E-state index contributed by atoms with van der Waals surface area (Å²) in [4.78, 5) is 78.2. The summed E-state index contributed by atoms with van der Waals surface area (Å²) < 4.78 is 4.69. The molecule has 1 aliphatic heterocycles. The van der Waals surface area contributed by atoms with Gasteiger partial charge in [-0.2, -0.15) is 10.2 Å². The highest BCUT2D eigenvalue weighted by Gasteiger charge is 2.35. The normalized spacial score (nSPS) is 13.0. The highest BCUT2D eigenvalue weighted by Crippen LogP contribution is 2.32. The van der Waals surface area contributed by atoms with E-state index in [-0.39, 0.29) is 54.4 Å². The van der Waals surface area contributed by atoms with Gasteiger partial charge in [0, 0.05) is 24.6 Å².